The highest BCUT2D eigenvalue weighted by molar-refractivity contribution is 7.99. The largest absolute Gasteiger partial charge is 0.497 e. The lowest BCUT2D eigenvalue weighted by Crippen LogP contribution is -2.37. The molecule has 1 aliphatic carbocycles. The number of carbonyl (C=O) groups is 1. The number of hydrogen-bond acceptors (Lipinski definition) is 4. The van der Waals surface area contributed by atoms with Crippen LogP contribution in [0.3, 0.4) is 0 Å². The molecule has 1 fully saturated rings. The van der Waals surface area contributed by atoms with Gasteiger partial charge >= 0.3 is 0 Å². The third-order valence-electron chi connectivity index (χ3n) is 3.80. The highest BCUT2D eigenvalue weighted by atomic mass is 32.2. The minimum Gasteiger partial charge on any atom is -0.497 e. The summed E-state index contributed by atoms with van der Waals surface area (Å²) in [6.07, 6.45) is 4.16. The molecule has 1 aromatic rings. The van der Waals surface area contributed by atoms with Crippen molar-refractivity contribution in [2.75, 3.05) is 20.5 Å². The fourth-order valence-electron chi connectivity index (χ4n) is 2.30. The van der Waals surface area contributed by atoms with Gasteiger partial charge in [0.25, 0.3) is 0 Å². The lowest BCUT2D eigenvalue weighted by Gasteiger charge is -2.26. The lowest BCUT2D eigenvalue weighted by molar-refractivity contribution is -0.131. The Hall–Kier alpha value is -1.36. The highest BCUT2D eigenvalue weighted by Crippen LogP contribution is 2.33. The summed E-state index contributed by atoms with van der Waals surface area (Å²) >= 11 is 1.59. The fraction of sp³-hybridized carbons (Fsp3) is 0.562. The maximum absolute atomic E-state index is 12.5. The molecule has 0 radical (unpaired) electrons. The van der Waals surface area contributed by atoms with E-state index in [-0.39, 0.29) is 11.2 Å². The van der Waals surface area contributed by atoms with Crippen LogP contribution in [0.25, 0.3) is 0 Å². The number of amides is 1. The first-order chi connectivity index (χ1) is 10.1. The van der Waals surface area contributed by atoms with Gasteiger partial charge in [-0.3, -0.25) is 4.79 Å². The molecule has 0 bridgehead atoms. The number of rotatable bonds is 7. The van der Waals surface area contributed by atoms with Gasteiger partial charge in [-0.25, -0.2) is 0 Å². The number of ether oxygens (including phenoxy) is 2. The Labute approximate surface area is 130 Å². The van der Waals surface area contributed by atoms with E-state index in [1.165, 1.54) is 0 Å². The molecule has 0 N–H and O–H groups in total. The van der Waals surface area contributed by atoms with Gasteiger partial charge in [0.05, 0.1) is 19.5 Å². The summed E-state index contributed by atoms with van der Waals surface area (Å²) in [5.74, 6) is 1.79. The predicted molar refractivity (Wildman–Crippen MR) is 86.1 cm³/mol. The molecule has 0 unspecified atom stereocenters. The number of thioether (sulfide) groups is 1. The molecule has 0 saturated heterocycles. The van der Waals surface area contributed by atoms with E-state index < -0.39 is 0 Å². The van der Waals surface area contributed by atoms with Gasteiger partial charge in [0.2, 0.25) is 5.91 Å². The number of benzene rings is 1. The van der Waals surface area contributed by atoms with Crippen molar-refractivity contribution in [2.45, 2.75) is 37.6 Å². The van der Waals surface area contributed by atoms with E-state index >= 15 is 0 Å². The molecule has 0 heterocycles. The first-order valence-electron chi connectivity index (χ1n) is 7.14. The Morgan fingerprint density at radius 1 is 1.38 bits per heavy atom. The second-order valence-corrected chi connectivity index (χ2v) is 6.43. The van der Waals surface area contributed by atoms with Gasteiger partial charge in [0.1, 0.15) is 11.5 Å². The van der Waals surface area contributed by atoms with E-state index in [1.807, 2.05) is 36.3 Å². The molecule has 0 spiro atoms. The molecule has 1 saturated carbocycles. The summed E-state index contributed by atoms with van der Waals surface area (Å²) in [4.78, 5) is 14.5. The molecule has 1 aromatic carbocycles. The molecular formula is C16H23NO3S. The van der Waals surface area contributed by atoms with E-state index in [0.717, 1.165) is 29.9 Å². The van der Waals surface area contributed by atoms with Crippen molar-refractivity contribution < 1.29 is 14.3 Å². The summed E-state index contributed by atoms with van der Waals surface area (Å²) in [5.41, 5.74) is 0.991. The standard InChI is InChI=1S/C16H23NO3S/c1-11(21-4)16(18)17(13-5-6-13)10-12-9-14(19-2)7-8-15(12)20-3/h7-9,11,13H,5-6,10H2,1-4H3/t11-/m1/s1. The number of carbonyl (C=O) groups excluding carboxylic acids is 1. The number of hydrogen-bond donors (Lipinski definition) is 0. The van der Waals surface area contributed by atoms with Crippen molar-refractivity contribution in [1.29, 1.82) is 0 Å². The Balaban J connectivity index is 2.22. The van der Waals surface area contributed by atoms with Crippen molar-refractivity contribution in [3.05, 3.63) is 23.8 Å². The zero-order chi connectivity index (χ0) is 15.4. The van der Waals surface area contributed by atoms with Gasteiger partial charge < -0.3 is 14.4 Å². The van der Waals surface area contributed by atoms with Crippen LogP contribution >= 0.6 is 11.8 Å². The molecule has 21 heavy (non-hydrogen) atoms. The van der Waals surface area contributed by atoms with E-state index in [0.29, 0.717) is 12.6 Å². The monoisotopic (exact) mass is 309 g/mol. The minimum absolute atomic E-state index is 0.0118. The molecule has 4 nitrogen and oxygen atoms in total. The van der Waals surface area contributed by atoms with Crippen LogP contribution in [0.4, 0.5) is 0 Å². The van der Waals surface area contributed by atoms with Crippen molar-refractivity contribution in [3.63, 3.8) is 0 Å². The van der Waals surface area contributed by atoms with Crippen molar-refractivity contribution >= 4 is 17.7 Å². The second kappa shape index (κ2) is 7.07. The van der Waals surface area contributed by atoms with Crippen molar-refractivity contribution in [3.8, 4) is 11.5 Å². The topological polar surface area (TPSA) is 38.8 Å². The molecule has 1 aliphatic rings. The Morgan fingerprint density at radius 2 is 2.10 bits per heavy atom. The molecule has 1 atom stereocenters. The molecule has 5 heteroatoms. The van der Waals surface area contributed by atoms with Crippen LogP contribution in [0.2, 0.25) is 0 Å². The molecule has 0 aliphatic heterocycles. The van der Waals surface area contributed by atoms with E-state index in [9.17, 15) is 4.79 Å². The molecular weight excluding hydrogens is 286 g/mol. The van der Waals surface area contributed by atoms with Gasteiger partial charge in [-0.05, 0) is 44.2 Å². The van der Waals surface area contributed by atoms with Crippen LogP contribution in [0, 0.1) is 0 Å². The van der Waals surface area contributed by atoms with Gasteiger partial charge in [-0.15, -0.1) is 0 Å². The van der Waals surface area contributed by atoms with Gasteiger partial charge in [0.15, 0.2) is 0 Å². The van der Waals surface area contributed by atoms with Crippen LogP contribution in [-0.2, 0) is 11.3 Å². The fourth-order valence-corrected chi connectivity index (χ4v) is 2.63. The maximum atomic E-state index is 12.5. The van der Waals surface area contributed by atoms with Crippen LogP contribution < -0.4 is 9.47 Å². The first kappa shape index (κ1) is 16.0. The summed E-state index contributed by atoms with van der Waals surface area (Å²) in [6.45, 7) is 2.54. The predicted octanol–water partition coefficient (Wildman–Crippen LogP) is 2.95. The summed E-state index contributed by atoms with van der Waals surface area (Å²) in [5, 5.41) is -0.0118. The first-order valence-corrected chi connectivity index (χ1v) is 8.43. The van der Waals surface area contributed by atoms with Crippen molar-refractivity contribution in [1.82, 2.24) is 4.90 Å². The van der Waals surface area contributed by atoms with Crippen LogP contribution in [0.15, 0.2) is 18.2 Å². The maximum Gasteiger partial charge on any atom is 0.235 e. The average molecular weight is 309 g/mol. The minimum atomic E-state index is -0.0118. The number of nitrogens with zero attached hydrogens (tertiary/aromatic N) is 1. The van der Waals surface area contributed by atoms with E-state index in [2.05, 4.69) is 0 Å². The van der Waals surface area contributed by atoms with E-state index in [4.69, 9.17) is 9.47 Å². The van der Waals surface area contributed by atoms with Gasteiger partial charge in [-0.2, -0.15) is 11.8 Å². The van der Waals surface area contributed by atoms with Gasteiger partial charge in [-0.1, -0.05) is 0 Å². The van der Waals surface area contributed by atoms with Gasteiger partial charge in [0, 0.05) is 18.2 Å². The summed E-state index contributed by atoms with van der Waals surface area (Å²) in [7, 11) is 3.30. The zero-order valence-corrected chi connectivity index (χ0v) is 13.9. The second-order valence-electron chi connectivity index (χ2n) is 5.25. The SMILES string of the molecule is COc1ccc(OC)c(CN(C(=O)[C@@H](C)SC)C2CC2)c1. The third-order valence-corrected chi connectivity index (χ3v) is 4.71. The van der Waals surface area contributed by atoms with Crippen LogP contribution in [-0.4, -0.2) is 42.6 Å². The Kier molecular flexibility index (Phi) is 5.39. The average Bonchev–Trinajstić information content (AvgIpc) is 3.35. The molecule has 2 rings (SSSR count). The summed E-state index contributed by atoms with van der Waals surface area (Å²) in [6, 6.07) is 6.09. The molecule has 1 amide bonds. The Bertz CT molecular complexity index is 502. The quantitative estimate of drug-likeness (QED) is 0.776. The lowest BCUT2D eigenvalue weighted by atomic mass is 10.1. The van der Waals surface area contributed by atoms with Crippen LogP contribution in [0.1, 0.15) is 25.3 Å². The number of methoxy groups -OCH3 is 2. The van der Waals surface area contributed by atoms with E-state index in [1.54, 1.807) is 26.0 Å². The third kappa shape index (κ3) is 3.84. The summed E-state index contributed by atoms with van der Waals surface area (Å²) < 4.78 is 10.7. The molecule has 0 aromatic heterocycles. The van der Waals surface area contributed by atoms with Crippen molar-refractivity contribution in [2.24, 2.45) is 0 Å². The zero-order valence-electron chi connectivity index (χ0n) is 13.1. The normalized spacial score (nSPS) is 15.4. The Morgan fingerprint density at radius 3 is 2.62 bits per heavy atom. The molecule has 116 valence electrons. The highest BCUT2D eigenvalue weighted by Gasteiger charge is 2.34. The smallest absolute Gasteiger partial charge is 0.235 e. The van der Waals surface area contributed by atoms with Crippen LogP contribution in [0.5, 0.6) is 11.5 Å².